The van der Waals surface area contributed by atoms with Crippen LogP contribution < -0.4 is 20.5 Å². The minimum absolute atomic E-state index is 0.234. The quantitative estimate of drug-likeness (QED) is 0.486. The SMILES string of the molecule is CCC1=C(COC)C=CC(C(=O)NCc2cccc(Oc3ccc(OC(F)(F)F)cc3)c2)=C(N)C1. The second-order valence-electron chi connectivity index (χ2n) is 7.82. The van der Waals surface area contributed by atoms with Crippen LogP contribution in [0.15, 0.2) is 83.1 Å². The van der Waals surface area contributed by atoms with Crippen LogP contribution in [-0.4, -0.2) is 26.0 Å². The van der Waals surface area contributed by atoms with Crippen molar-refractivity contribution < 1.29 is 32.2 Å². The van der Waals surface area contributed by atoms with Gasteiger partial charge in [0.05, 0.1) is 12.2 Å². The highest BCUT2D eigenvalue weighted by molar-refractivity contribution is 5.97. The molecular formula is C26H27F3N2O4. The number of hydrogen-bond donors (Lipinski definition) is 2. The van der Waals surface area contributed by atoms with Crippen LogP contribution in [-0.2, 0) is 16.1 Å². The molecule has 0 saturated carbocycles. The second-order valence-corrected chi connectivity index (χ2v) is 7.82. The van der Waals surface area contributed by atoms with E-state index in [1.165, 1.54) is 24.3 Å². The number of alkyl halides is 3. The number of benzene rings is 2. The molecule has 35 heavy (non-hydrogen) atoms. The fourth-order valence-electron chi connectivity index (χ4n) is 3.57. The molecular weight excluding hydrogens is 461 g/mol. The standard InChI is InChI=1S/C26H27F3N2O4/c1-3-18-14-24(30)23(12-7-19(18)16-33-2)25(32)31-15-17-5-4-6-22(13-17)34-20-8-10-21(11-9-20)35-26(27,28)29/h4-13H,3,14-16,30H2,1-2H3,(H,31,32). The van der Waals surface area contributed by atoms with E-state index < -0.39 is 6.36 Å². The summed E-state index contributed by atoms with van der Waals surface area (Å²) in [7, 11) is 1.62. The van der Waals surface area contributed by atoms with Crippen molar-refractivity contribution in [1.82, 2.24) is 5.32 Å². The molecule has 1 aliphatic rings. The second kappa shape index (κ2) is 11.6. The van der Waals surface area contributed by atoms with Crippen LogP contribution in [0.5, 0.6) is 17.2 Å². The lowest BCUT2D eigenvalue weighted by molar-refractivity contribution is -0.274. The van der Waals surface area contributed by atoms with Crippen LogP contribution >= 0.6 is 0 Å². The van der Waals surface area contributed by atoms with E-state index >= 15 is 0 Å². The number of rotatable bonds is 9. The van der Waals surface area contributed by atoms with Gasteiger partial charge in [-0.05, 0) is 60.0 Å². The van der Waals surface area contributed by atoms with Gasteiger partial charge in [-0.1, -0.05) is 30.7 Å². The Kier molecular flexibility index (Phi) is 8.59. The molecule has 0 saturated heterocycles. The number of halogens is 3. The first kappa shape index (κ1) is 25.9. The number of hydrogen-bond acceptors (Lipinski definition) is 5. The fraction of sp³-hybridized carbons (Fsp3) is 0.269. The zero-order valence-electron chi connectivity index (χ0n) is 19.4. The third-order valence-corrected chi connectivity index (χ3v) is 5.27. The molecule has 0 aliphatic heterocycles. The van der Waals surface area contributed by atoms with E-state index in [-0.39, 0.29) is 18.2 Å². The molecule has 0 atom stereocenters. The normalized spacial score (nSPS) is 14.1. The summed E-state index contributed by atoms with van der Waals surface area (Å²) in [4.78, 5) is 12.8. The number of amides is 1. The first-order chi connectivity index (χ1) is 16.7. The Labute approximate surface area is 201 Å². The Morgan fingerprint density at radius 2 is 1.77 bits per heavy atom. The van der Waals surface area contributed by atoms with E-state index in [1.54, 1.807) is 31.4 Å². The Balaban J connectivity index is 1.62. The van der Waals surface area contributed by atoms with Gasteiger partial charge in [0.1, 0.15) is 17.2 Å². The summed E-state index contributed by atoms with van der Waals surface area (Å²) in [6.45, 7) is 2.72. The molecule has 0 radical (unpaired) electrons. The molecule has 3 N–H and O–H groups in total. The zero-order valence-corrected chi connectivity index (χ0v) is 19.4. The van der Waals surface area contributed by atoms with Gasteiger partial charge in [0.25, 0.3) is 5.91 Å². The highest BCUT2D eigenvalue weighted by atomic mass is 19.4. The number of nitrogens with one attached hydrogen (secondary N) is 1. The first-order valence-electron chi connectivity index (χ1n) is 11.0. The number of allylic oxidation sites excluding steroid dienone is 1. The monoisotopic (exact) mass is 488 g/mol. The molecule has 2 aromatic rings. The lowest BCUT2D eigenvalue weighted by Gasteiger charge is -2.12. The molecule has 3 rings (SSSR count). The maximum Gasteiger partial charge on any atom is 0.573 e. The molecule has 0 heterocycles. The van der Waals surface area contributed by atoms with Gasteiger partial charge in [-0.25, -0.2) is 0 Å². The van der Waals surface area contributed by atoms with E-state index in [9.17, 15) is 18.0 Å². The van der Waals surface area contributed by atoms with Gasteiger partial charge >= 0.3 is 6.36 Å². The van der Waals surface area contributed by atoms with E-state index in [1.807, 2.05) is 19.1 Å². The minimum Gasteiger partial charge on any atom is -0.457 e. The van der Waals surface area contributed by atoms with Gasteiger partial charge in [-0.2, -0.15) is 0 Å². The van der Waals surface area contributed by atoms with Crippen molar-refractivity contribution in [3.8, 4) is 17.2 Å². The zero-order chi connectivity index (χ0) is 25.4. The average molecular weight is 489 g/mol. The molecule has 0 spiro atoms. The molecule has 0 fully saturated rings. The lowest BCUT2D eigenvalue weighted by Crippen LogP contribution is -2.26. The summed E-state index contributed by atoms with van der Waals surface area (Å²) in [5.74, 6) is 0.182. The van der Waals surface area contributed by atoms with Crippen molar-refractivity contribution in [2.45, 2.75) is 32.7 Å². The van der Waals surface area contributed by atoms with Crippen LogP contribution in [0, 0.1) is 0 Å². The van der Waals surface area contributed by atoms with Gasteiger partial charge in [0, 0.05) is 25.8 Å². The molecule has 1 aliphatic carbocycles. The molecule has 0 aromatic heterocycles. The van der Waals surface area contributed by atoms with Gasteiger partial charge in [-0.15, -0.1) is 13.2 Å². The van der Waals surface area contributed by atoms with Crippen molar-refractivity contribution in [2.75, 3.05) is 13.7 Å². The first-order valence-corrected chi connectivity index (χ1v) is 11.0. The van der Waals surface area contributed by atoms with Crippen molar-refractivity contribution in [1.29, 1.82) is 0 Å². The molecule has 6 nitrogen and oxygen atoms in total. The summed E-state index contributed by atoms with van der Waals surface area (Å²) < 4.78 is 51.7. The maximum atomic E-state index is 12.8. The highest BCUT2D eigenvalue weighted by Gasteiger charge is 2.31. The van der Waals surface area contributed by atoms with Crippen molar-refractivity contribution in [3.63, 3.8) is 0 Å². The summed E-state index contributed by atoms with van der Waals surface area (Å²) in [5, 5.41) is 2.87. The van der Waals surface area contributed by atoms with Crippen LogP contribution in [0.2, 0.25) is 0 Å². The fourth-order valence-corrected chi connectivity index (χ4v) is 3.57. The number of carbonyl (C=O) groups is 1. The van der Waals surface area contributed by atoms with Crippen molar-refractivity contribution in [2.24, 2.45) is 5.73 Å². The van der Waals surface area contributed by atoms with E-state index in [2.05, 4.69) is 10.1 Å². The molecule has 1 amide bonds. The average Bonchev–Trinajstić information content (AvgIpc) is 2.97. The van der Waals surface area contributed by atoms with Gasteiger partial charge < -0.3 is 25.3 Å². The highest BCUT2D eigenvalue weighted by Crippen LogP contribution is 2.28. The maximum absolute atomic E-state index is 12.8. The van der Waals surface area contributed by atoms with Gasteiger partial charge in [0.15, 0.2) is 0 Å². The van der Waals surface area contributed by atoms with Crippen LogP contribution in [0.1, 0.15) is 25.3 Å². The van der Waals surface area contributed by atoms with E-state index in [0.717, 1.165) is 23.1 Å². The smallest absolute Gasteiger partial charge is 0.457 e. The largest absolute Gasteiger partial charge is 0.573 e. The van der Waals surface area contributed by atoms with Crippen molar-refractivity contribution in [3.05, 3.63) is 88.7 Å². The minimum atomic E-state index is -4.75. The Bertz CT molecular complexity index is 1140. The van der Waals surface area contributed by atoms with Gasteiger partial charge in [-0.3, -0.25) is 4.79 Å². The molecule has 2 aromatic carbocycles. The molecule has 186 valence electrons. The molecule has 0 bridgehead atoms. The van der Waals surface area contributed by atoms with Crippen LogP contribution in [0.4, 0.5) is 13.2 Å². The Hall–Kier alpha value is -3.72. The lowest BCUT2D eigenvalue weighted by atomic mass is 10.0. The summed E-state index contributed by atoms with van der Waals surface area (Å²) in [5.41, 5.74) is 10.1. The Morgan fingerprint density at radius 3 is 2.43 bits per heavy atom. The predicted molar refractivity (Wildman–Crippen MR) is 126 cm³/mol. The van der Waals surface area contributed by atoms with Gasteiger partial charge in [0.2, 0.25) is 0 Å². The molecule has 9 heteroatoms. The van der Waals surface area contributed by atoms with E-state index in [4.69, 9.17) is 15.2 Å². The third kappa shape index (κ3) is 7.65. The number of methoxy groups -OCH3 is 1. The van der Waals surface area contributed by atoms with E-state index in [0.29, 0.717) is 35.8 Å². The molecule has 0 unspecified atom stereocenters. The number of carbonyl (C=O) groups excluding carboxylic acids is 1. The predicted octanol–water partition coefficient (Wildman–Crippen LogP) is 5.52. The summed E-state index contributed by atoms with van der Waals surface area (Å²) in [6, 6.07) is 12.1. The number of ether oxygens (including phenoxy) is 3. The Morgan fingerprint density at radius 1 is 1.06 bits per heavy atom. The topological polar surface area (TPSA) is 82.8 Å². The van der Waals surface area contributed by atoms with Crippen LogP contribution in [0.25, 0.3) is 0 Å². The third-order valence-electron chi connectivity index (χ3n) is 5.27. The van der Waals surface area contributed by atoms with Crippen molar-refractivity contribution >= 4 is 5.91 Å². The number of nitrogens with two attached hydrogens (primary N) is 1. The summed E-state index contributed by atoms with van der Waals surface area (Å²) >= 11 is 0. The summed E-state index contributed by atoms with van der Waals surface area (Å²) in [6.07, 6.45) is 0.143. The van der Waals surface area contributed by atoms with Crippen LogP contribution in [0.3, 0.4) is 0 Å².